The molecule has 0 aromatic heterocycles. The van der Waals surface area contributed by atoms with E-state index < -0.39 is 28.9 Å². The van der Waals surface area contributed by atoms with Crippen molar-refractivity contribution in [2.45, 2.75) is 144 Å². The van der Waals surface area contributed by atoms with Crippen LogP contribution in [0.2, 0.25) is 57.4 Å². The Balaban J connectivity index is 0. The number of hydrogen-bond acceptors (Lipinski definition) is 1. The summed E-state index contributed by atoms with van der Waals surface area (Å²) in [5.74, 6) is 0. The Labute approximate surface area is 252 Å². The zero-order valence-electron chi connectivity index (χ0n) is 27.1. The molecule has 0 aromatic carbocycles. The molecule has 0 fully saturated rings. The molecule has 6 heteroatoms. The summed E-state index contributed by atoms with van der Waals surface area (Å²) < 4.78 is 6.08. The third-order valence-electron chi connectivity index (χ3n) is 7.82. The minimum Gasteiger partial charge on any atom is -0.283 e. The fraction of sp³-hybridized carbons (Fsp3) is 0.742. The molecule has 0 bridgehead atoms. The zero-order valence-corrected chi connectivity index (χ0v) is 32.6. The molecule has 0 atom stereocenters. The van der Waals surface area contributed by atoms with Crippen LogP contribution in [0.25, 0.3) is 0 Å². The van der Waals surface area contributed by atoms with Crippen LogP contribution in [-0.2, 0) is 21.7 Å². The van der Waals surface area contributed by atoms with E-state index in [1.807, 2.05) is 6.08 Å². The van der Waals surface area contributed by atoms with Crippen LogP contribution in [0.1, 0.15) is 86.5 Å². The van der Waals surface area contributed by atoms with Gasteiger partial charge in [0.25, 0.3) is 0 Å². The van der Waals surface area contributed by atoms with Gasteiger partial charge in [-0.25, -0.2) is 0 Å². The fourth-order valence-electron chi connectivity index (χ4n) is 6.24. The van der Waals surface area contributed by atoms with E-state index in [4.69, 9.17) is 4.74 Å². The van der Waals surface area contributed by atoms with Crippen molar-refractivity contribution in [2.75, 3.05) is 0 Å². The van der Waals surface area contributed by atoms with Crippen LogP contribution in [0.5, 0.6) is 0 Å². The number of allylic oxidation sites excluding steroid dienone is 6. The molecule has 0 spiro atoms. The Morgan fingerprint density at radius 2 is 1.24 bits per heavy atom. The molecule has 1 nitrogen and oxygen atoms in total. The molecule has 214 valence electrons. The minimum absolute atomic E-state index is 0. The maximum atomic E-state index is 6.08. The first-order valence-electron chi connectivity index (χ1n) is 14.9. The van der Waals surface area contributed by atoms with Crippen LogP contribution in [0, 0.1) is 5.41 Å². The Morgan fingerprint density at radius 3 is 1.49 bits per heavy atom. The van der Waals surface area contributed by atoms with Crippen molar-refractivity contribution in [3.05, 3.63) is 48.7 Å². The van der Waals surface area contributed by atoms with E-state index in [2.05, 4.69) is 112 Å². The third kappa shape index (κ3) is 12.3. The summed E-state index contributed by atoms with van der Waals surface area (Å²) in [6.07, 6.45) is 22.2. The van der Waals surface area contributed by atoms with Gasteiger partial charge in [-0.1, -0.05) is 180 Å². The Bertz CT molecular complexity index is 745. The smallest absolute Gasteiger partial charge is 0.0873 e. The summed E-state index contributed by atoms with van der Waals surface area (Å²) in [5.41, 5.74) is 0.434. The average molecular weight is 614 g/mol. The molecule has 0 saturated heterocycles. The van der Waals surface area contributed by atoms with Crippen molar-refractivity contribution in [3.63, 3.8) is 0 Å². The fourth-order valence-corrected chi connectivity index (χ4v) is 90.1. The predicted octanol–water partition coefficient (Wildman–Crippen LogP) is 12.8. The van der Waals surface area contributed by atoms with Gasteiger partial charge in [0, 0.05) is 33.8 Å². The molecule has 0 radical (unpaired) electrons. The molecule has 0 unspecified atom stereocenters. The second-order valence-electron chi connectivity index (χ2n) is 13.7. The molecular formula is C31H64NPSi3Ti. The zero-order chi connectivity index (χ0) is 28.1. The first-order chi connectivity index (χ1) is 16.6. The van der Waals surface area contributed by atoms with Gasteiger partial charge in [-0.15, -0.1) is 0 Å². The topological polar surface area (TPSA) is 12.4 Å². The molecule has 0 amide bonds. The van der Waals surface area contributed by atoms with Gasteiger partial charge < -0.3 is 0 Å². The number of unbranched alkanes of at least 4 members (excludes halogenated alkanes) is 3. The number of hydrogen-bond donors (Lipinski definition) is 0. The summed E-state index contributed by atoms with van der Waals surface area (Å²) in [5, 5.41) is 0. The number of nitrogens with zero attached hydrogens (tertiary/aromatic N) is 1. The van der Waals surface area contributed by atoms with E-state index in [1.165, 1.54) is 62.4 Å². The SMILES string of the molecule is C=CC=CC(C)(C)C.CCCC[Si](C)(C)P(=NC1=CC=CC1)([Si](C)(C)CCCC)[Si](C)(C)CCCC.[Ti]. The van der Waals surface area contributed by atoms with Crippen molar-refractivity contribution in [2.24, 2.45) is 10.2 Å². The first-order valence-corrected chi connectivity index (χ1v) is 28.7. The van der Waals surface area contributed by atoms with Crippen LogP contribution >= 0.6 is 5.70 Å². The van der Waals surface area contributed by atoms with Gasteiger partial charge in [0.1, 0.15) is 0 Å². The van der Waals surface area contributed by atoms with Gasteiger partial charge in [-0.2, -0.15) is 0 Å². The Morgan fingerprint density at radius 1 is 0.838 bits per heavy atom. The van der Waals surface area contributed by atoms with E-state index in [1.54, 1.807) is 6.08 Å². The van der Waals surface area contributed by atoms with E-state index >= 15 is 0 Å². The molecule has 0 heterocycles. The molecule has 0 N–H and O–H groups in total. The normalized spacial score (nSPS) is 14.6. The summed E-state index contributed by atoms with van der Waals surface area (Å²) >= 11 is 0. The monoisotopic (exact) mass is 613 g/mol. The van der Waals surface area contributed by atoms with Crippen molar-refractivity contribution >= 4 is 28.9 Å². The van der Waals surface area contributed by atoms with E-state index in [0.29, 0.717) is 5.41 Å². The van der Waals surface area contributed by atoms with Gasteiger partial charge in [-0.3, -0.25) is 4.74 Å². The Hall–Kier alpha value is 0.555. The summed E-state index contributed by atoms with van der Waals surface area (Å²) in [7, 11) is -4.33. The Kier molecular flexibility index (Phi) is 19.4. The van der Waals surface area contributed by atoms with Gasteiger partial charge in [0.05, 0.1) is 23.2 Å². The quantitative estimate of drug-likeness (QED) is 0.105. The molecule has 0 saturated carbocycles. The van der Waals surface area contributed by atoms with E-state index in [0.717, 1.165) is 6.42 Å². The van der Waals surface area contributed by atoms with Gasteiger partial charge >= 0.3 is 0 Å². The molecule has 37 heavy (non-hydrogen) atoms. The van der Waals surface area contributed by atoms with Crippen molar-refractivity contribution in [1.82, 2.24) is 0 Å². The minimum atomic E-state index is -1.44. The molecule has 1 aliphatic carbocycles. The maximum absolute atomic E-state index is 6.08. The van der Waals surface area contributed by atoms with Gasteiger partial charge in [0.2, 0.25) is 0 Å². The largest absolute Gasteiger partial charge is 0.283 e. The van der Waals surface area contributed by atoms with Crippen LogP contribution < -0.4 is 0 Å². The first kappa shape index (κ1) is 39.7. The predicted molar refractivity (Wildman–Crippen MR) is 182 cm³/mol. The standard InChI is InChI=1S/C23H50NPSi3.C8H14.Ti/c1-10-13-20-26(4,5)25(24-23-18-16-17-19-23,27(6,7)21-14-11-2)28(8,9)22-15-12-3;1-5-6-7-8(2,3)4;/h16-18H,10-15,19-22H2,1-9H3;5-7H,1H2,2-4H3;. The van der Waals surface area contributed by atoms with Crippen molar-refractivity contribution in [1.29, 1.82) is 0 Å². The molecule has 0 aliphatic heterocycles. The molecule has 1 rings (SSSR count). The maximum Gasteiger partial charge on any atom is 0.0873 e. The van der Waals surface area contributed by atoms with Crippen LogP contribution in [0.4, 0.5) is 0 Å². The van der Waals surface area contributed by atoms with Gasteiger partial charge in [-0.05, 0) is 11.5 Å². The summed E-state index contributed by atoms with van der Waals surface area (Å²) in [6, 6.07) is 4.52. The molecular weight excluding hydrogens is 549 g/mol. The van der Waals surface area contributed by atoms with E-state index in [-0.39, 0.29) is 21.7 Å². The second kappa shape index (κ2) is 18.1. The van der Waals surface area contributed by atoms with Crippen LogP contribution in [-0.4, -0.2) is 23.2 Å². The second-order valence-corrected chi connectivity index (χ2v) is 48.3. The number of rotatable bonds is 14. The average Bonchev–Trinajstić information content (AvgIpc) is 3.30. The third-order valence-corrected chi connectivity index (χ3v) is 69.7. The van der Waals surface area contributed by atoms with Crippen molar-refractivity contribution < 1.29 is 21.7 Å². The van der Waals surface area contributed by atoms with Crippen LogP contribution in [0.15, 0.2) is 53.5 Å². The van der Waals surface area contributed by atoms with Gasteiger partial charge in [0.15, 0.2) is 0 Å². The van der Waals surface area contributed by atoms with Crippen LogP contribution in [0.3, 0.4) is 0 Å². The van der Waals surface area contributed by atoms with Crippen molar-refractivity contribution in [3.8, 4) is 0 Å². The molecule has 1 aliphatic rings. The summed E-state index contributed by atoms with van der Waals surface area (Å²) in [6.45, 7) is 33.9. The summed E-state index contributed by atoms with van der Waals surface area (Å²) in [4.78, 5) is 0. The molecule has 0 aromatic rings. The van der Waals surface area contributed by atoms with E-state index in [9.17, 15) is 0 Å².